The maximum absolute atomic E-state index is 10.6. The molecule has 0 aromatic heterocycles. The zero-order chi connectivity index (χ0) is 9.14. The van der Waals surface area contributed by atoms with Crippen molar-refractivity contribution in [3.63, 3.8) is 0 Å². The third kappa shape index (κ3) is 2.12. The van der Waals surface area contributed by atoms with E-state index in [1.54, 1.807) is 7.05 Å². The van der Waals surface area contributed by atoms with Gasteiger partial charge in [0.05, 0.1) is 6.04 Å². The quantitative estimate of drug-likeness (QED) is 0.454. The standard InChI is InChI=1S/C8H12INO2/c1-10(8(11)12)7-5-3-2-4-6(7)9/h2-3,6-7H,4-5H2,1H3,(H,11,12). The average molecular weight is 281 g/mol. The third-order valence-corrected chi connectivity index (χ3v) is 3.46. The first-order valence-electron chi connectivity index (χ1n) is 3.87. The highest BCUT2D eigenvalue weighted by Crippen LogP contribution is 2.23. The van der Waals surface area contributed by atoms with E-state index in [1.165, 1.54) is 4.90 Å². The molecule has 1 amide bonds. The number of hydrogen-bond acceptors (Lipinski definition) is 1. The van der Waals surface area contributed by atoms with Crippen molar-refractivity contribution in [3.8, 4) is 0 Å². The molecule has 0 spiro atoms. The Hall–Kier alpha value is -0.260. The topological polar surface area (TPSA) is 40.5 Å². The van der Waals surface area contributed by atoms with Crippen molar-refractivity contribution in [2.75, 3.05) is 7.05 Å². The van der Waals surface area contributed by atoms with Gasteiger partial charge in [-0.25, -0.2) is 4.79 Å². The molecule has 0 aromatic rings. The second-order valence-corrected chi connectivity index (χ2v) is 4.52. The van der Waals surface area contributed by atoms with E-state index in [0.29, 0.717) is 3.92 Å². The number of amides is 1. The molecule has 2 unspecified atom stereocenters. The molecule has 68 valence electrons. The van der Waals surface area contributed by atoms with Gasteiger partial charge in [-0.2, -0.15) is 0 Å². The minimum Gasteiger partial charge on any atom is -0.465 e. The van der Waals surface area contributed by atoms with Gasteiger partial charge >= 0.3 is 6.09 Å². The number of halogens is 1. The second kappa shape index (κ2) is 4.11. The lowest BCUT2D eigenvalue weighted by molar-refractivity contribution is 0.138. The van der Waals surface area contributed by atoms with Gasteiger partial charge in [-0.1, -0.05) is 34.7 Å². The lowest BCUT2D eigenvalue weighted by Gasteiger charge is -2.30. The summed E-state index contributed by atoms with van der Waals surface area (Å²) in [4.78, 5) is 12.0. The number of alkyl halides is 1. The van der Waals surface area contributed by atoms with Gasteiger partial charge in [0.2, 0.25) is 0 Å². The van der Waals surface area contributed by atoms with Gasteiger partial charge in [-0.3, -0.25) is 0 Å². The van der Waals surface area contributed by atoms with Crippen LogP contribution >= 0.6 is 22.6 Å². The molecule has 1 rings (SSSR count). The first-order chi connectivity index (χ1) is 5.63. The van der Waals surface area contributed by atoms with E-state index in [4.69, 9.17) is 5.11 Å². The van der Waals surface area contributed by atoms with Crippen molar-refractivity contribution < 1.29 is 9.90 Å². The van der Waals surface area contributed by atoms with Crippen LogP contribution in [0.15, 0.2) is 12.2 Å². The minimum absolute atomic E-state index is 0.146. The van der Waals surface area contributed by atoms with E-state index in [1.807, 2.05) is 0 Å². The summed E-state index contributed by atoms with van der Waals surface area (Å²) < 4.78 is 0.411. The first-order valence-corrected chi connectivity index (χ1v) is 5.12. The number of carbonyl (C=O) groups is 1. The van der Waals surface area contributed by atoms with Crippen LogP contribution in [-0.2, 0) is 0 Å². The predicted octanol–water partition coefficient (Wildman–Crippen LogP) is 2.12. The molecule has 1 aliphatic rings. The van der Waals surface area contributed by atoms with Crippen molar-refractivity contribution in [1.29, 1.82) is 0 Å². The zero-order valence-electron chi connectivity index (χ0n) is 6.90. The van der Waals surface area contributed by atoms with E-state index in [0.717, 1.165) is 12.8 Å². The highest BCUT2D eigenvalue weighted by atomic mass is 127. The Labute approximate surface area is 85.6 Å². The lowest BCUT2D eigenvalue weighted by atomic mass is 10.0. The summed E-state index contributed by atoms with van der Waals surface area (Å²) in [5, 5.41) is 8.75. The van der Waals surface area contributed by atoms with E-state index >= 15 is 0 Å². The fourth-order valence-corrected chi connectivity index (χ4v) is 2.38. The molecule has 0 radical (unpaired) electrons. The van der Waals surface area contributed by atoms with Crippen molar-refractivity contribution in [3.05, 3.63) is 12.2 Å². The van der Waals surface area contributed by atoms with Gasteiger partial charge in [-0.15, -0.1) is 0 Å². The monoisotopic (exact) mass is 281 g/mol. The number of nitrogens with zero attached hydrogens (tertiary/aromatic N) is 1. The smallest absolute Gasteiger partial charge is 0.407 e. The number of carboxylic acid groups (broad SMARTS) is 1. The van der Waals surface area contributed by atoms with Crippen molar-refractivity contribution in [2.45, 2.75) is 22.8 Å². The minimum atomic E-state index is -0.836. The van der Waals surface area contributed by atoms with Crippen LogP contribution in [0.5, 0.6) is 0 Å². The fraction of sp³-hybridized carbons (Fsp3) is 0.625. The molecule has 3 nitrogen and oxygen atoms in total. The average Bonchev–Trinajstić information content (AvgIpc) is 2.04. The Bertz CT molecular complexity index is 205. The van der Waals surface area contributed by atoms with E-state index < -0.39 is 6.09 Å². The first kappa shape index (κ1) is 9.83. The molecule has 0 aromatic carbocycles. The number of hydrogen-bond donors (Lipinski definition) is 1. The predicted molar refractivity (Wildman–Crippen MR) is 55.8 cm³/mol. The molecule has 0 heterocycles. The molecule has 0 saturated heterocycles. The molecule has 1 aliphatic carbocycles. The summed E-state index contributed by atoms with van der Waals surface area (Å²) in [6.45, 7) is 0. The highest BCUT2D eigenvalue weighted by Gasteiger charge is 2.26. The van der Waals surface area contributed by atoms with Crippen LogP contribution in [0.2, 0.25) is 0 Å². The number of rotatable bonds is 1. The summed E-state index contributed by atoms with van der Waals surface area (Å²) >= 11 is 2.31. The summed E-state index contributed by atoms with van der Waals surface area (Å²) in [7, 11) is 1.64. The van der Waals surface area contributed by atoms with Crippen molar-refractivity contribution >= 4 is 28.7 Å². The third-order valence-electron chi connectivity index (χ3n) is 2.12. The molecule has 0 aliphatic heterocycles. The van der Waals surface area contributed by atoms with E-state index in [2.05, 4.69) is 34.7 Å². The molecular weight excluding hydrogens is 269 g/mol. The zero-order valence-corrected chi connectivity index (χ0v) is 9.06. The molecule has 4 heteroatoms. The lowest BCUT2D eigenvalue weighted by Crippen LogP contribution is -2.42. The van der Waals surface area contributed by atoms with Crippen LogP contribution in [-0.4, -0.2) is 33.1 Å². The van der Waals surface area contributed by atoms with E-state index in [9.17, 15) is 4.79 Å². The highest BCUT2D eigenvalue weighted by molar-refractivity contribution is 14.1. The molecule has 0 bridgehead atoms. The van der Waals surface area contributed by atoms with Crippen LogP contribution in [0.25, 0.3) is 0 Å². The van der Waals surface area contributed by atoms with Gasteiger partial charge in [0.1, 0.15) is 0 Å². The van der Waals surface area contributed by atoms with Crippen molar-refractivity contribution in [2.24, 2.45) is 0 Å². The Morgan fingerprint density at radius 3 is 2.67 bits per heavy atom. The summed E-state index contributed by atoms with van der Waals surface area (Å²) in [5.74, 6) is 0. The Morgan fingerprint density at radius 1 is 1.58 bits per heavy atom. The normalized spacial score (nSPS) is 28.5. The largest absolute Gasteiger partial charge is 0.465 e. The SMILES string of the molecule is CN(C(=O)O)C1CC=CCC1I. The molecule has 0 saturated carbocycles. The molecule has 2 atom stereocenters. The maximum atomic E-state index is 10.6. The Kier molecular flexibility index (Phi) is 3.37. The van der Waals surface area contributed by atoms with Crippen LogP contribution in [0.1, 0.15) is 12.8 Å². The van der Waals surface area contributed by atoms with Crippen molar-refractivity contribution in [1.82, 2.24) is 4.90 Å². The summed E-state index contributed by atoms with van der Waals surface area (Å²) in [6, 6.07) is 0.146. The van der Waals surface area contributed by atoms with Gasteiger partial charge in [0, 0.05) is 11.0 Å². The Morgan fingerprint density at radius 2 is 2.17 bits per heavy atom. The van der Waals surface area contributed by atoms with Gasteiger partial charge in [0.15, 0.2) is 0 Å². The second-order valence-electron chi connectivity index (χ2n) is 2.92. The Balaban J connectivity index is 2.61. The van der Waals surface area contributed by atoms with Crippen LogP contribution in [0.3, 0.4) is 0 Å². The van der Waals surface area contributed by atoms with Crippen LogP contribution in [0.4, 0.5) is 4.79 Å². The summed E-state index contributed by atoms with van der Waals surface area (Å²) in [6.07, 6.45) is 5.15. The molecular formula is C8H12INO2. The maximum Gasteiger partial charge on any atom is 0.407 e. The summed E-state index contributed by atoms with van der Waals surface area (Å²) in [5.41, 5.74) is 0. The van der Waals surface area contributed by atoms with Crippen LogP contribution < -0.4 is 0 Å². The molecule has 0 fully saturated rings. The fourth-order valence-electron chi connectivity index (χ4n) is 1.31. The van der Waals surface area contributed by atoms with Gasteiger partial charge < -0.3 is 10.0 Å². The molecule has 1 N–H and O–H groups in total. The molecule has 12 heavy (non-hydrogen) atoms. The van der Waals surface area contributed by atoms with Crippen LogP contribution in [0, 0.1) is 0 Å². The number of allylic oxidation sites excluding steroid dienone is 1. The van der Waals surface area contributed by atoms with E-state index in [-0.39, 0.29) is 6.04 Å². The van der Waals surface area contributed by atoms with Gasteiger partial charge in [-0.05, 0) is 12.8 Å². The van der Waals surface area contributed by atoms with Gasteiger partial charge in [0.25, 0.3) is 0 Å².